The standard InChI is InChI=1S/C33H30N4O4S/c1-21-7-9-25(10-8-21)28-5-4-6-29(34-28)35-30-22(2)36-41-31(30)26-13-11-23(12-14-26)24-15-17-27(18-16-24)33(19-20-33)32(38)37-42(3,39)40/h4-18H,19-20H2,1-3H3,(H,34,35)(H,37,38). The van der Waals surface area contributed by atoms with Crippen LogP contribution >= 0.6 is 0 Å². The maximum absolute atomic E-state index is 12.6. The molecule has 0 spiro atoms. The Morgan fingerprint density at radius 3 is 2.02 bits per heavy atom. The van der Waals surface area contributed by atoms with Gasteiger partial charge in [0.1, 0.15) is 17.2 Å². The highest BCUT2D eigenvalue weighted by molar-refractivity contribution is 7.89. The monoisotopic (exact) mass is 578 g/mol. The van der Waals surface area contributed by atoms with Crippen molar-refractivity contribution < 1.29 is 17.7 Å². The number of hydrogen-bond donors (Lipinski definition) is 2. The van der Waals surface area contributed by atoms with Crippen molar-refractivity contribution >= 4 is 27.4 Å². The molecule has 212 valence electrons. The number of amides is 1. The largest absolute Gasteiger partial charge is 0.354 e. The molecule has 0 atom stereocenters. The zero-order chi connectivity index (χ0) is 29.5. The van der Waals surface area contributed by atoms with E-state index in [4.69, 9.17) is 9.51 Å². The minimum Gasteiger partial charge on any atom is -0.354 e. The minimum absolute atomic E-state index is 0.467. The Hall–Kier alpha value is -4.76. The molecule has 1 saturated carbocycles. The topological polar surface area (TPSA) is 114 Å². The van der Waals surface area contributed by atoms with E-state index < -0.39 is 21.3 Å². The summed E-state index contributed by atoms with van der Waals surface area (Å²) in [4.78, 5) is 17.4. The van der Waals surface area contributed by atoms with Gasteiger partial charge in [0.25, 0.3) is 0 Å². The molecule has 5 aromatic rings. The number of benzene rings is 3. The van der Waals surface area contributed by atoms with E-state index in [9.17, 15) is 13.2 Å². The maximum atomic E-state index is 12.6. The molecule has 6 rings (SSSR count). The first-order valence-corrected chi connectivity index (χ1v) is 15.5. The fraction of sp³-hybridized carbons (Fsp3) is 0.182. The molecule has 8 nitrogen and oxygen atoms in total. The Morgan fingerprint density at radius 1 is 0.810 bits per heavy atom. The van der Waals surface area contributed by atoms with Gasteiger partial charge in [-0.25, -0.2) is 13.4 Å². The van der Waals surface area contributed by atoms with E-state index in [2.05, 4.69) is 46.4 Å². The van der Waals surface area contributed by atoms with E-state index in [1.165, 1.54) is 5.56 Å². The van der Waals surface area contributed by atoms with Crippen molar-refractivity contribution in [2.75, 3.05) is 11.6 Å². The van der Waals surface area contributed by atoms with Gasteiger partial charge in [0.05, 0.1) is 17.4 Å². The molecule has 0 bridgehead atoms. The Kier molecular flexibility index (Phi) is 6.90. The van der Waals surface area contributed by atoms with Crippen LogP contribution in [0, 0.1) is 13.8 Å². The van der Waals surface area contributed by atoms with Crippen LogP contribution in [0.25, 0.3) is 33.7 Å². The number of rotatable bonds is 8. The molecule has 1 aliphatic carbocycles. The van der Waals surface area contributed by atoms with Gasteiger partial charge in [-0.15, -0.1) is 0 Å². The van der Waals surface area contributed by atoms with E-state index in [-0.39, 0.29) is 0 Å². The first-order chi connectivity index (χ1) is 20.1. The van der Waals surface area contributed by atoms with Gasteiger partial charge in [0.2, 0.25) is 15.9 Å². The van der Waals surface area contributed by atoms with E-state index in [1.807, 2.05) is 73.7 Å². The highest BCUT2D eigenvalue weighted by Gasteiger charge is 2.52. The molecule has 2 aromatic heterocycles. The summed E-state index contributed by atoms with van der Waals surface area (Å²) in [5, 5.41) is 7.60. The van der Waals surface area contributed by atoms with Gasteiger partial charge in [-0.05, 0) is 55.5 Å². The molecule has 0 aliphatic heterocycles. The molecule has 0 saturated heterocycles. The maximum Gasteiger partial charge on any atom is 0.244 e. The Bertz CT molecular complexity index is 1870. The summed E-state index contributed by atoms with van der Waals surface area (Å²) in [7, 11) is -3.61. The van der Waals surface area contributed by atoms with Crippen LogP contribution < -0.4 is 10.0 Å². The summed E-state index contributed by atoms with van der Waals surface area (Å²) in [5.41, 5.74) is 7.47. The summed E-state index contributed by atoms with van der Waals surface area (Å²) in [5.74, 6) is 0.839. The van der Waals surface area contributed by atoms with E-state index in [1.54, 1.807) is 0 Å². The van der Waals surface area contributed by atoms with E-state index >= 15 is 0 Å². The Labute approximate surface area is 244 Å². The zero-order valence-electron chi connectivity index (χ0n) is 23.5. The quantitative estimate of drug-likeness (QED) is 0.215. The fourth-order valence-electron chi connectivity index (χ4n) is 5.07. The number of carbonyl (C=O) groups excluding carboxylic acids is 1. The van der Waals surface area contributed by atoms with Crippen molar-refractivity contribution in [3.05, 3.63) is 108 Å². The van der Waals surface area contributed by atoms with Gasteiger partial charge < -0.3 is 9.84 Å². The second kappa shape index (κ2) is 10.6. The molecule has 1 fully saturated rings. The van der Waals surface area contributed by atoms with Gasteiger partial charge in [-0.1, -0.05) is 89.6 Å². The van der Waals surface area contributed by atoms with Gasteiger partial charge in [0.15, 0.2) is 5.76 Å². The average molecular weight is 579 g/mol. The highest BCUT2D eigenvalue weighted by Crippen LogP contribution is 2.49. The first-order valence-electron chi connectivity index (χ1n) is 13.6. The Balaban J connectivity index is 1.20. The molecule has 1 aliphatic rings. The van der Waals surface area contributed by atoms with Crippen LogP contribution in [0.3, 0.4) is 0 Å². The summed E-state index contributed by atoms with van der Waals surface area (Å²) < 4.78 is 31.0. The fourth-order valence-corrected chi connectivity index (χ4v) is 5.60. The van der Waals surface area contributed by atoms with Crippen molar-refractivity contribution in [2.45, 2.75) is 32.1 Å². The molecule has 9 heteroatoms. The second-order valence-electron chi connectivity index (χ2n) is 10.8. The lowest BCUT2D eigenvalue weighted by atomic mass is 9.93. The lowest BCUT2D eigenvalue weighted by molar-refractivity contribution is -0.121. The molecule has 2 N–H and O–H groups in total. The number of sulfonamides is 1. The van der Waals surface area contributed by atoms with Crippen molar-refractivity contribution in [3.63, 3.8) is 0 Å². The van der Waals surface area contributed by atoms with Crippen LogP contribution in [-0.4, -0.2) is 30.7 Å². The number of carbonyl (C=O) groups is 1. The molecular formula is C33H30N4O4S. The molecule has 3 aromatic carbocycles. The number of anilines is 2. The SMILES string of the molecule is Cc1ccc(-c2cccc(Nc3c(C)noc3-c3ccc(-c4ccc(C5(C(=O)NS(C)(=O)=O)CC5)cc4)cc3)n2)cc1. The molecular weight excluding hydrogens is 548 g/mol. The predicted octanol–water partition coefficient (Wildman–Crippen LogP) is 6.54. The lowest BCUT2D eigenvalue weighted by Crippen LogP contribution is -2.38. The number of nitrogens with zero attached hydrogens (tertiary/aromatic N) is 2. The van der Waals surface area contributed by atoms with Gasteiger partial charge >= 0.3 is 0 Å². The van der Waals surface area contributed by atoms with Crippen LogP contribution in [0.2, 0.25) is 0 Å². The van der Waals surface area contributed by atoms with Crippen LogP contribution in [-0.2, 0) is 20.2 Å². The second-order valence-corrected chi connectivity index (χ2v) is 12.6. The van der Waals surface area contributed by atoms with Crippen molar-refractivity contribution in [1.82, 2.24) is 14.9 Å². The van der Waals surface area contributed by atoms with Gasteiger partial charge in [0, 0.05) is 11.1 Å². The zero-order valence-corrected chi connectivity index (χ0v) is 24.3. The smallest absolute Gasteiger partial charge is 0.244 e. The van der Waals surface area contributed by atoms with Crippen LogP contribution in [0.5, 0.6) is 0 Å². The number of hydrogen-bond acceptors (Lipinski definition) is 7. The third-order valence-electron chi connectivity index (χ3n) is 7.59. The van der Waals surface area contributed by atoms with Gasteiger partial charge in [-0.2, -0.15) is 0 Å². The van der Waals surface area contributed by atoms with Crippen molar-refractivity contribution in [3.8, 4) is 33.7 Å². The summed E-state index contributed by atoms with van der Waals surface area (Å²) in [6.45, 7) is 3.95. The normalized spacial score (nSPS) is 13.9. The average Bonchev–Trinajstić information content (AvgIpc) is 3.72. The minimum atomic E-state index is -3.61. The van der Waals surface area contributed by atoms with Crippen molar-refractivity contribution in [2.24, 2.45) is 0 Å². The third kappa shape index (κ3) is 5.56. The van der Waals surface area contributed by atoms with E-state index in [0.29, 0.717) is 24.4 Å². The molecule has 1 amide bonds. The third-order valence-corrected chi connectivity index (χ3v) is 8.15. The molecule has 2 heterocycles. The molecule has 0 unspecified atom stereocenters. The van der Waals surface area contributed by atoms with Crippen LogP contribution in [0.15, 0.2) is 95.5 Å². The number of nitrogens with one attached hydrogen (secondary N) is 2. The predicted molar refractivity (Wildman–Crippen MR) is 164 cm³/mol. The van der Waals surface area contributed by atoms with E-state index in [0.717, 1.165) is 51.1 Å². The first kappa shape index (κ1) is 27.4. The Morgan fingerprint density at radius 2 is 1.40 bits per heavy atom. The summed E-state index contributed by atoms with van der Waals surface area (Å²) >= 11 is 0. The number of aromatic nitrogens is 2. The summed E-state index contributed by atoms with van der Waals surface area (Å²) in [6.07, 6.45) is 2.25. The molecule has 0 radical (unpaired) electrons. The number of pyridine rings is 1. The van der Waals surface area contributed by atoms with Crippen molar-refractivity contribution in [1.29, 1.82) is 0 Å². The highest BCUT2D eigenvalue weighted by atomic mass is 32.2. The lowest BCUT2D eigenvalue weighted by Gasteiger charge is -2.15. The van der Waals surface area contributed by atoms with Crippen LogP contribution in [0.4, 0.5) is 11.5 Å². The van der Waals surface area contributed by atoms with Crippen LogP contribution in [0.1, 0.15) is 29.7 Å². The number of aryl methyl sites for hydroxylation is 2. The molecule has 42 heavy (non-hydrogen) atoms. The summed E-state index contributed by atoms with van der Waals surface area (Å²) in [6, 6.07) is 29.8. The van der Waals surface area contributed by atoms with Gasteiger partial charge in [-0.3, -0.25) is 9.52 Å².